The van der Waals surface area contributed by atoms with Gasteiger partial charge in [0.1, 0.15) is 5.75 Å². The Balaban J connectivity index is 1.38. The molecule has 10 heteroatoms. The number of halogens is 1. The largest absolute Gasteiger partial charge is 0.490 e. The average molecular weight is 617 g/mol. The average Bonchev–Trinajstić information content (AvgIpc) is 3.07. The molecule has 0 saturated heterocycles. The van der Waals surface area contributed by atoms with E-state index in [4.69, 9.17) is 21.5 Å². The minimum Gasteiger partial charge on any atom is -0.490 e. The van der Waals surface area contributed by atoms with Crippen molar-refractivity contribution in [3.8, 4) is 5.75 Å². The van der Waals surface area contributed by atoms with Crippen molar-refractivity contribution in [1.29, 1.82) is 0 Å². The number of nitrogens with two attached hydrogens (primary N) is 1. The molecule has 0 bridgehead atoms. The van der Waals surface area contributed by atoms with Crippen LogP contribution in [0.15, 0.2) is 48.6 Å². The number of nitrogens with zero attached hydrogens (tertiary/aromatic N) is 1. The van der Waals surface area contributed by atoms with E-state index in [1.165, 1.54) is 11.1 Å². The molecule has 228 valence electrons. The summed E-state index contributed by atoms with van der Waals surface area (Å²) in [6.07, 6.45) is 8.27. The van der Waals surface area contributed by atoms with Gasteiger partial charge in [0.05, 0.1) is 29.2 Å². The number of sulfonamides is 1. The molecule has 1 saturated carbocycles. The maximum absolute atomic E-state index is 11.9. The molecule has 1 spiro atoms. The second-order valence-electron chi connectivity index (χ2n) is 12.5. The Labute approximate surface area is 253 Å². The lowest BCUT2D eigenvalue weighted by molar-refractivity contribution is 0.0456. The molecule has 3 aliphatic rings. The van der Waals surface area contributed by atoms with Crippen molar-refractivity contribution in [3.63, 3.8) is 0 Å². The first kappa shape index (κ1) is 30.9. The second kappa shape index (κ2) is 12.2. The molecule has 2 aromatic rings. The van der Waals surface area contributed by atoms with E-state index in [9.17, 15) is 23.4 Å². The number of hydrogen-bond acceptors (Lipinski definition) is 6. The topological polar surface area (TPSA) is 130 Å². The number of ether oxygens (including phenoxy) is 1. The quantitative estimate of drug-likeness (QED) is 0.332. The summed E-state index contributed by atoms with van der Waals surface area (Å²) in [6.45, 7) is 5.28. The van der Waals surface area contributed by atoms with Crippen LogP contribution in [0.2, 0.25) is 5.02 Å². The third-order valence-electron chi connectivity index (χ3n) is 9.81. The molecule has 1 heterocycles. The lowest BCUT2D eigenvalue weighted by Crippen LogP contribution is -2.49. The maximum atomic E-state index is 11.9. The van der Waals surface area contributed by atoms with Gasteiger partial charge in [0, 0.05) is 23.5 Å². The molecule has 2 aromatic carbocycles. The van der Waals surface area contributed by atoms with Gasteiger partial charge in [-0.3, -0.25) is 0 Å². The molecule has 0 amide bonds. The Morgan fingerprint density at radius 2 is 2.02 bits per heavy atom. The van der Waals surface area contributed by atoms with Crippen LogP contribution >= 0.6 is 11.6 Å². The highest BCUT2D eigenvalue weighted by molar-refractivity contribution is 7.89. The fourth-order valence-electron chi connectivity index (χ4n) is 6.89. The number of aryl methyl sites for hydroxylation is 1. The number of fused-ring (bicyclic) bond motifs is 3. The third-order valence-corrected chi connectivity index (χ3v) is 11.6. The summed E-state index contributed by atoms with van der Waals surface area (Å²) in [7, 11) is -3.61. The molecule has 0 radical (unpaired) electrons. The number of carboxylic acids is 1. The second-order valence-corrected chi connectivity index (χ2v) is 14.9. The number of rotatable bonds is 9. The summed E-state index contributed by atoms with van der Waals surface area (Å²) in [4.78, 5) is 14.2. The predicted octanol–water partition coefficient (Wildman–Crippen LogP) is 5.16. The fraction of sp³-hybridized carbons (Fsp3) is 0.531. The van der Waals surface area contributed by atoms with Crippen molar-refractivity contribution in [3.05, 3.63) is 70.3 Å². The van der Waals surface area contributed by atoms with Crippen molar-refractivity contribution in [2.75, 3.05) is 24.6 Å². The first-order chi connectivity index (χ1) is 19.9. The van der Waals surface area contributed by atoms with Crippen molar-refractivity contribution in [2.24, 2.45) is 22.9 Å². The van der Waals surface area contributed by atoms with Gasteiger partial charge in [-0.15, -0.1) is 0 Å². The minimum atomic E-state index is -3.61. The van der Waals surface area contributed by atoms with Crippen LogP contribution in [-0.2, 0) is 21.9 Å². The SMILES string of the molecule is C[C@@H](CC=C[C@H](O)[C@@H]1CC[C@H]1CN1C[C@@]2(CCCc3cc(Cl)ccc32)COc2ccc(C(=O)O)cc21)[C@H](C)S(N)(=O)=O. The lowest BCUT2D eigenvalue weighted by Gasteiger charge is -2.45. The van der Waals surface area contributed by atoms with Crippen molar-refractivity contribution >= 4 is 33.3 Å². The molecule has 6 atom stereocenters. The number of carbonyl (C=O) groups is 1. The van der Waals surface area contributed by atoms with Crippen molar-refractivity contribution < 1.29 is 28.2 Å². The standard InChI is InChI=1S/C32H41ClN2O6S/c1-20(21(2)42(34,39)40)5-3-7-29(36)26-11-8-24(26)17-35-18-32(14-4-6-22-15-25(33)10-12-27(22)32)19-41-30-13-9-23(31(37)38)16-28(30)35/h3,7,9-10,12-13,15-16,20-21,24,26,29,36H,4-6,8,11,14,17-19H2,1-2H3,(H,37,38)(H2,34,39,40)/t20-,21-,24-,26+,29-,32-/m0/s1. The van der Waals surface area contributed by atoms with Crippen LogP contribution in [-0.4, -0.2) is 55.7 Å². The number of carboxylic acid groups (broad SMARTS) is 1. The Morgan fingerprint density at radius 1 is 1.24 bits per heavy atom. The van der Waals surface area contributed by atoms with E-state index in [0.717, 1.165) is 42.8 Å². The highest BCUT2D eigenvalue weighted by Gasteiger charge is 2.44. The molecule has 2 aliphatic carbocycles. The van der Waals surface area contributed by atoms with Gasteiger partial charge in [0.15, 0.2) is 0 Å². The van der Waals surface area contributed by atoms with Crippen LogP contribution < -0.4 is 14.8 Å². The third kappa shape index (κ3) is 6.34. The highest BCUT2D eigenvalue weighted by atomic mass is 35.5. The van der Waals surface area contributed by atoms with Crippen molar-refractivity contribution in [2.45, 2.75) is 69.1 Å². The minimum absolute atomic E-state index is 0.0518. The van der Waals surface area contributed by atoms with Gasteiger partial charge in [-0.1, -0.05) is 36.7 Å². The van der Waals surface area contributed by atoms with E-state index in [1.807, 2.05) is 19.1 Å². The van der Waals surface area contributed by atoms with Gasteiger partial charge >= 0.3 is 5.97 Å². The van der Waals surface area contributed by atoms with Gasteiger partial charge in [-0.25, -0.2) is 18.4 Å². The van der Waals surface area contributed by atoms with Crippen LogP contribution in [0.4, 0.5) is 5.69 Å². The number of hydrogen-bond donors (Lipinski definition) is 3. The smallest absolute Gasteiger partial charge is 0.335 e. The summed E-state index contributed by atoms with van der Waals surface area (Å²) < 4.78 is 29.8. The van der Waals surface area contributed by atoms with Gasteiger partial charge < -0.3 is 19.8 Å². The summed E-state index contributed by atoms with van der Waals surface area (Å²) in [5.41, 5.74) is 3.20. The predicted molar refractivity (Wildman–Crippen MR) is 165 cm³/mol. The number of aliphatic hydroxyl groups is 1. The first-order valence-electron chi connectivity index (χ1n) is 14.8. The van der Waals surface area contributed by atoms with E-state index in [2.05, 4.69) is 17.0 Å². The van der Waals surface area contributed by atoms with Gasteiger partial charge in [0.25, 0.3) is 0 Å². The van der Waals surface area contributed by atoms with E-state index in [-0.39, 0.29) is 28.7 Å². The molecule has 0 unspecified atom stereocenters. The zero-order valence-corrected chi connectivity index (χ0v) is 25.8. The Morgan fingerprint density at radius 3 is 2.71 bits per heavy atom. The highest BCUT2D eigenvalue weighted by Crippen LogP contribution is 2.46. The maximum Gasteiger partial charge on any atom is 0.335 e. The molecule has 4 N–H and O–H groups in total. The molecule has 0 aromatic heterocycles. The van der Waals surface area contributed by atoms with E-state index in [1.54, 1.807) is 31.2 Å². The van der Waals surface area contributed by atoms with E-state index >= 15 is 0 Å². The molecular formula is C32H41ClN2O6S. The number of benzene rings is 2. The number of allylic oxidation sites excluding steroid dienone is 1. The lowest BCUT2D eigenvalue weighted by atomic mass is 9.68. The van der Waals surface area contributed by atoms with E-state index in [0.29, 0.717) is 31.9 Å². The summed E-state index contributed by atoms with van der Waals surface area (Å²) >= 11 is 6.36. The van der Waals surface area contributed by atoms with Crippen LogP contribution in [0.25, 0.3) is 0 Å². The Kier molecular flexibility index (Phi) is 8.95. The fourth-order valence-corrected chi connectivity index (χ4v) is 7.85. The normalized spacial score (nSPS) is 26.0. The zero-order valence-electron chi connectivity index (χ0n) is 24.2. The Bertz CT molecular complexity index is 1460. The number of anilines is 1. The van der Waals surface area contributed by atoms with Crippen LogP contribution in [0.3, 0.4) is 0 Å². The summed E-state index contributed by atoms with van der Waals surface area (Å²) in [6, 6.07) is 11.2. The number of aromatic carboxylic acids is 1. The van der Waals surface area contributed by atoms with E-state index < -0.39 is 27.3 Å². The van der Waals surface area contributed by atoms with Crippen LogP contribution in [0.5, 0.6) is 5.75 Å². The van der Waals surface area contributed by atoms with Crippen LogP contribution in [0, 0.1) is 17.8 Å². The van der Waals surface area contributed by atoms with Crippen LogP contribution in [0.1, 0.15) is 67.4 Å². The zero-order chi connectivity index (χ0) is 30.2. The van der Waals surface area contributed by atoms with Gasteiger partial charge in [-0.05, 0) is 105 Å². The molecule has 42 heavy (non-hydrogen) atoms. The molecular weight excluding hydrogens is 576 g/mol. The monoisotopic (exact) mass is 616 g/mol. The molecule has 5 rings (SSSR count). The first-order valence-corrected chi connectivity index (χ1v) is 16.8. The number of primary sulfonamides is 1. The molecule has 1 fully saturated rings. The molecule has 1 aliphatic heterocycles. The summed E-state index contributed by atoms with van der Waals surface area (Å²) in [5, 5.41) is 26.2. The molecule has 8 nitrogen and oxygen atoms in total. The Hall–Kier alpha value is -2.59. The van der Waals surface area contributed by atoms with Crippen molar-refractivity contribution in [1.82, 2.24) is 0 Å². The van der Waals surface area contributed by atoms with Gasteiger partial charge in [-0.2, -0.15) is 0 Å². The number of aliphatic hydroxyl groups excluding tert-OH is 1. The van der Waals surface area contributed by atoms with Gasteiger partial charge in [0.2, 0.25) is 10.0 Å². The summed E-state index contributed by atoms with van der Waals surface area (Å²) in [5.74, 6) is -0.220.